The van der Waals surface area contributed by atoms with Crippen LogP contribution in [0, 0.1) is 5.21 Å². The van der Waals surface area contributed by atoms with E-state index in [1.54, 1.807) is 18.2 Å². The Balaban J connectivity index is 2.10. The number of carbonyl (C=O) groups is 1. The predicted octanol–water partition coefficient (Wildman–Crippen LogP) is 0.728. The van der Waals surface area contributed by atoms with E-state index >= 15 is 0 Å². The zero-order valence-electron chi connectivity index (χ0n) is 7.38. The molecule has 0 aromatic carbocycles. The highest BCUT2D eigenvalue weighted by atomic mass is 32.2. The minimum atomic E-state index is -0.224. The molecule has 1 aromatic heterocycles. The first kappa shape index (κ1) is 9.33. The Morgan fingerprint density at radius 2 is 2.43 bits per heavy atom. The summed E-state index contributed by atoms with van der Waals surface area (Å²) in [5.41, 5.74) is 0. The molecule has 2 rings (SSSR count). The van der Waals surface area contributed by atoms with Crippen molar-refractivity contribution in [3.8, 4) is 0 Å². The smallest absolute Gasteiger partial charge is 0.319 e. The van der Waals surface area contributed by atoms with E-state index in [4.69, 9.17) is 4.74 Å². The van der Waals surface area contributed by atoms with Crippen molar-refractivity contribution in [2.75, 3.05) is 6.61 Å². The Kier molecular flexibility index (Phi) is 2.58. The van der Waals surface area contributed by atoms with Gasteiger partial charge in [0, 0.05) is 18.6 Å². The molecule has 0 saturated carbocycles. The molecule has 1 aliphatic rings. The van der Waals surface area contributed by atoms with Gasteiger partial charge in [-0.2, -0.15) is 4.73 Å². The van der Waals surface area contributed by atoms with E-state index in [1.165, 1.54) is 18.0 Å². The molecule has 14 heavy (non-hydrogen) atoms. The van der Waals surface area contributed by atoms with E-state index in [0.29, 0.717) is 18.1 Å². The summed E-state index contributed by atoms with van der Waals surface area (Å²) in [6, 6.07) is 5.13. The van der Waals surface area contributed by atoms with Crippen LogP contribution in [0.15, 0.2) is 29.4 Å². The first-order valence-corrected chi connectivity index (χ1v) is 5.17. The number of hydrogen-bond donors (Lipinski definition) is 0. The lowest BCUT2D eigenvalue weighted by atomic mass is 10.4. The molecule has 1 saturated heterocycles. The maximum atomic E-state index is 11.3. The summed E-state index contributed by atoms with van der Waals surface area (Å²) in [6.45, 7) is 0.461. The van der Waals surface area contributed by atoms with Gasteiger partial charge in [-0.3, -0.25) is 4.79 Å². The van der Waals surface area contributed by atoms with E-state index in [-0.39, 0.29) is 11.2 Å². The van der Waals surface area contributed by atoms with Crippen LogP contribution in [0.3, 0.4) is 0 Å². The molecular formula is C9H9NO3S. The first-order valence-electron chi connectivity index (χ1n) is 4.29. The molecule has 0 aliphatic carbocycles. The summed E-state index contributed by atoms with van der Waals surface area (Å²) < 4.78 is 5.57. The number of esters is 1. The monoisotopic (exact) mass is 211 g/mol. The van der Waals surface area contributed by atoms with Crippen molar-refractivity contribution in [1.82, 2.24) is 0 Å². The fourth-order valence-electron chi connectivity index (χ4n) is 1.23. The molecule has 0 bridgehead atoms. The summed E-state index contributed by atoms with van der Waals surface area (Å²) in [5, 5.41) is 11.6. The van der Waals surface area contributed by atoms with Crippen LogP contribution in [0.1, 0.15) is 6.42 Å². The largest absolute Gasteiger partial charge is 0.618 e. The van der Waals surface area contributed by atoms with Gasteiger partial charge in [-0.25, -0.2) is 0 Å². The SMILES string of the molecule is O=C1OCCC1Sc1cccc[n+]1[O-]. The average molecular weight is 211 g/mol. The lowest BCUT2D eigenvalue weighted by Crippen LogP contribution is -2.29. The maximum Gasteiger partial charge on any atom is 0.319 e. The lowest BCUT2D eigenvalue weighted by Gasteiger charge is -2.05. The highest BCUT2D eigenvalue weighted by Crippen LogP contribution is 2.26. The fourth-order valence-corrected chi connectivity index (χ4v) is 2.23. The first-order chi connectivity index (χ1) is 6.77. The Labute approximate surface area is 85.5 Å². The molecule has 0 spiro atoms. The van der Waals surface area contributed by atoms with Gasteiger partial charge < -0.3 is 9.94 Å². The van der Waals surface area contributed by atoms with E-state index < -0.39 is 0 Å². The van der Waals surface area contributed by atoms with E-state index in [0.717, 1.165) is 4.73 Å². The summed E-state index contributed by atoms with van der Waals surface area (Å²) in [5.74, 6) is -0.223. The van der Waals surface area contributed by atoms with E-state index in [1.807, 2.05) is 0 Å². The zero-order chi connectivity index (χ0) is 9.97. The normalized spacial score (nSPS) is 20.9. The molecule has 0 radical (unpaired) electrons. The standard InChI is InChI=1S/C9H9NO3S/c11-9-7(4-6-13-9)14-8-3-1-2-5-10(8)12/h1-3,5,7H,4,6H2. The molecule has 0 N–H and O–H groups in total. The number of pyridine rings is 1. The minimum Gasteiger partial charge on any atom is -0.618 e. The van der Waals surface area contributed by atoms with Crippen molar-refractivity contribution in [2.45, 2.75) is 16.7 Å². The van der Waals surface area contributed by atoms with Crippen molar-refractivity contribution in [2.24, 2.45) is 0 Å². The molecule has 74 valence electrons. The minimum absolute atomic E-state index is 0.223. The van der Waals surface area contributed by atoms with Crippen LogP contribution in [-0.4, -0.2) is 17.8 Å². The van der Waals surface area contributed by atoms with Crippen molar-refractivity contribution >= 4 is 17.7 Å². The summed E-state index contributed by atoms with van der Waals surface area (Å²) in [4.78, 5) is 11.1. The second-order valence-corrected chi connectivity index (χ2v) is 4.15. The van der Waals surface area contributed by atoms with Crippen LogP contribution in [0.5, 0.6) is 0 Å². The van der Waals surface area contributed by atoms with Gasteiger partial charge in [0.1, 0.15) is 5.25 Å². The van der Waals surface area contributed by atoms with Crippen LogP contribution in [-0.2, 0) is 9.53 Å². The molecular weight excluding hydrogens is 202 g/mol. The van der Waals surface area contributed by atoms with Gasteiger partial charge in [0.2, 0.25) is 0 Å². The van der Waals surface area contributed by atoms with Crippen LogP contribution < -0.4 is 4.73 Å². The summed E-state index contributed by atoms with van der Waals surface area (Å²) in [7, 11) is 0. The Hall–Kier alpha value is -1.23. The Bertz CT molecular complexity index is 356. The van der Waals surface area contributed by atoms with Crippen molar-refractivity contribution in [1.29, 1.82) is 0 Å². The highest BCUT2D eigenvalue weighted by Gasteiger charge is 2.29. The predicted molar refractivity (Wildman–Crippen MR) is 50.6 cm³/mol. The van der Waals surface area contributed by atoms with Crippen LogP contribution in [0.4, 0.5) is 0 Å². The van der Waals surface area contributed by atoms with Crippen molar-refractivity contribution in [3.63, 3.8) is 0 Å². The van der Waals surface area contributed by atoms with Gasteiger partial charge in [-0.1, -0.05) is 0 Å². The molecule has 5 heteroatoms. The average Bonchev–Trinajstić information content (AvgIpc) is 2.56. The Morgan fingerprint density at radius 1 is 1.57 bits per heavy atom. The van der Waals surface area contributed by atoms with Crippen molar-refractivity contribution < 1.29 is 14.3 Å². The number of aromatic nitrogens is 1. The van der Waals surface area contributed by atoms with E-state index in [9.17, 15) is 10.0 Å². The molecule has 0 amide bonds. The number of thioether (sulfide) groups is 1. The van der Waals surface area contributed by atoms with Crippen molar-refractivity contribution in [3.05, 3.63) is 29.6 Å². The molecule has 1 aliphatic heterocycles. The van der Waals surface area contributed by atoms with Gasteiger partial charge in [0.25, 0.3) is 5.03 Å². The number of nitrogens with zero attached hydrogens (tertiary/aromatic N) is 1. The third-order valence-electron chi connectivity index (χ3n) is 1.94. The topological polar surface area (TPSA) is 53.2 Å². The summed E-state index contributed by atoms with van der Waals surface area (Å²) in [6.07, 6.45) is 2.10. The van der Waals surface area contributed by atoms with Gasteiger partial charge in [-0.05, 0) is 17.8 Å². The fraction of sp³-hybridized carbons (Fsp3) is 0.333. The third kappa shape index (κ3) is 1.82. The molecule has 1 aromatic rings. The van der Waals surface area contributed by atoms with Gasteiger partial charge >= 0.3 is 5.97 Å². The van der Waals surface area contributed by atoms with Crippen LogP contribution in [0.25, 0.3) is 0 Å². The number of cyclic esters (lactones) is 1. The van der Waals surface area contributed by atoms with Gasteiger partial charge in [0.15, 0.2) is 6.20 Å². The van der Waals surface area contributed by atoms with Crippen LogP contribution in [0.2, 0.25) is 0 Å². The molecule has 1 unspecified atom stereocenters. The van der Waals surface area contributed by atoms with E-state index in [2.05, 4.69) is 0 Å². The number of rotatable bonds is 2. The third-order valence-corrected chi connectivity index (χ3v) is 3.21. The second kappa shape index (κ2) is 3.88. The number of ether oxygens (including phenoxy) is 1. The maximum absolute atomic E-state index is 11.3. The number of carbonyl (C=O) groups excluding carboxylic acids is 1. The second-order valence-electron chi connectivity index (χ2n) is 2.93. The number of hydrogen-bond acceptors (Lipinski definition) is 4. The van der Waals surface area contributed by atoms with Crippen LogP contribution >= 0.6 is 11.8 Å². The highest BCUT2D eigenvalue weighted by molar-refractivity contribution is 8.00. The summed E-state index contributed by atoms with van der Waals surface area (Å²) >= 11 is 1.26. The van der Waals surface area contributed by atoms with Gasteiger partial charge in [-0.15, -0.1) is 0 Å². The zero-order valence-corrected chi connectivity index (χ0v) is 8.20. The molecule has 4 nitrogen and oxygen atoms in total. The quantitative estimate of drug-likeness (QED) is 0.411. The molecule has 1 atom stereocenters. The molecule has 1 fully saturated rings. The van der Waals surface area contributed by atoms with Gasteiger partial charge in [0.05, 0.1) is 6.61 Å². The molecule has 2 heterocycles. The lowest BCUT2D eigenvalue weighted by molar-refractivity contribution is -0.645. The Morgan fingerprint density at radius 3 is 3.07 bits per heavy atom.